The number of amides is 4. The monoisotopic (exact) mass is 881 g/mol. The van der Waals surface area contributed by atoms with E-state index >= 15 is 0 Å². The predicted molar refractivity (Wildman–Crippen MR) is 245 cm³/mol. The number of benzene rings is 3. The molecule has 0 saturated carbocycles. The van der Waals surface area contributed by atoms with Gasteiger partial charge in [-0.15, -0.1) is 0 Å². The first-order valence-electron chi connectivity index (χ1n) is 23.2. The van der Waals surface area contributed by atoms with Crippen LogP contribution >= 0.6 is 0 Å². The van der Waals surface area contributed by atoms with Crippen molar-refractivity contribution in [2.24, 2.45) is 11.8 Å². The van der Waals surface area contributed by atoms with E-state index in [1.165, 1.54) is 42.0 Å². The molecule has 15 heteroatoms. The number of methoxy groups -OCH3 is 2. The van der Waals surface area contributed by atoms with Gasteiger partial charge in [0.1, 0.15) is 23.7 Å². The second kappa shape index (κ2) is 16.3. The Morgan fingerprint density at radius 1 is 0.692 bits per heavy atom. The molecule has 7 heterocycles. The highest BCUT2D eigenvalue weighted by molar-refractivity contribution is 5.89. The quantitative estimate of drug-likeness (QED) is 0.102. The lowest BCUT2D eigenvalue weighted by atomic mass is 9.68. The number of nitrogens with one attached hydrogen (secondary N) is 4. The lowest BCUT2D eigenvalue weighted by Gasteiger charge is -2.65. The van der Waals surface area contributed by atoms with Gasteiger partial charge in [0.15, 0.2) is 0 Å². The standard InChI is InChI=1S/C50H59N9O6/c1-26(2)42(55-48(62)64-6)46(60)57-20-8-10-36(57)44-51-25-35(54-44)29-14-12-28(13-15-29)31-17-18-32(41-39-24-50(5)23-38(40(31)41)59(39)50)30-16-19-33-34(22-30)53-45(52-33)37-11-9-21-58(37)47(61)43(27(3)4)56-49(63)65-7/h12-19,22,25-27,36-39,42-43H,8-11,20-21,23-24H2,1-7H3,(H,51,54)(H,52,53)(H,55,62)(H,56,63)/t36-,37-,38?,39?,42-,43-,50?/m0/s1. The number of hydrogen-bond acceptors (Lipinski definition) is 9. The van der Waals surface area contributed by atoms with Gasteiger partial charge >= 0.3 is 12.2 Å². The minimum absolute atomic E-state index is 0.106. The molecule has 4 fully saturated rings. The molecule has 4 N–H and O–H groups in total. The molecule has 5 aliphatic heterocycles. The van der Waals surface area contributed by atoms with Gasteiger partial charge in [0.05, 0.1) is 49.2 Å². The van der Waals surface area contributed by atoms with E-state index in [9.17, 15) is 19.2 Å². The molecule has 65 heavy (non-hydrogen) atoms. The average Bonchev–Trinajstić information content (AvgIpc) is 4.15. The molecule has 3 unspecified atom stereocenters. The highest BCUT2D eigenvalue weighted by Crippen LogP contribution is 2.71. The summed E-state index contributed by atoms with van der Waals surface area (Å²) in [6.07, 6.45) is 6.18. The van der Waals surface area contributed by atoms with Gasteiger partial charge < -0.3 is 39.9 Å². The second-order valence-electron chi connectivity index (χ2n) is 19.5. The van der Waals surface area contributed by atoms with Crippen molar-refractivity contribution in [1.82, 2.24) is 45.3 Å². The molecule has 0 spiro atoms. The number of ether oxygens (including phenoxy) is 2. The van der Waals surface area contributed by atoms with E-state index < -0.39 is 24.3 Å². The molecule has 7 atom stereocenters. The van der Waals surface area contributed by atoms with E-state index in [1.54, 1.807) is 0 Å². The maximum Gasteiger partial charge on any atom is 0.407 e. The Hall–Kier alpha value is -6.22. The summed E-state index contributed by atoms with van der Waals surface area (Å²) in [7, 11) is 2.61. The van der Waals surface area contributed by atoms with Crippen LogP contribution in [-0.2, 0) is 19.1 Å². The minimum atomic E-state index is -0.692. The van der Waals surface area contributed by atoms with Crippen LogP contribution < -0.4 is 10.6 Å². The number of piperidine rings is 1. The van der Waals surface area contributed by atoms with E-state index in [4.69, 9.17) is 19.4 Å². The van der Waals surface area contributed by atoms with Gasteiger partial charge in [-0.1, -0.05) is 70.2 Å². The molecule has 3 aromatic carbocycles. The predicted octanol–water partition coefficient (Wildman–Crippen LogP) is 8.34. The van der Waals surface area contributed by atoms with Gasteiger partial charge in [-0.25, -0.2) is 19.6 Å². The van der Waals surface area contributed by atoms with Crippen molar-refractivity contribution < 1.29 is 28.7 Å². The molecule has 0 aliphatic carbocycles. The number of carbonyl (C=O) groups excluding carboxylic acids is 4. The van der Waals surface area contributed by atoms with Crippen LogP contribution in [0.5, 0.6) is 0 Å². The van der Waals surface area contributed by atoms with E-state index in [0.29, 0.717) is 25.2 Å². The van der Waals surface area contributed by atoms with Crippen LogP contribution in [0.3, 0.4) is 0 Å². The Labute approximate surface area is 379 Å². The van der Waals surface area contributed by atoms with Gasteiger partial charge in [0.2, 0.25) is 11.8 Å². The van der Waals surface area contributed by atoms with Crippen molar-refractivity contribution in [2.75, 3.05) is 27.3 Å². The lowest BCUT2D eigenvalue weighted by Crippen LogP contribution is -2.66. The Morgan fingerprint density at radius 3 is 1.75 bits per heavy atom. The van der Waals surface area contributed by atoms with Crippen molar-refractivity contribution >= 4 is 35.0 Å². The number of aromatic amines is 2. The number of imidazole rings is 2. The third-order valence-corrected chi connectivity index (χ3v) is 14.9. The molecule has 5 aromatic rings. The van der Waals surface area contributed by atoms with Crippen molar-refractivity contribution in [3.63, 3.8) is 0 Å². The molecule has 340 valence electrons. The minimum Gasteiger partial charge on any atom is -0.453 e. The molecule has 4 saturated heterocycles. The molecule has 4 amide bonds. The normalized spacial score (nSPS) is 24.1. The van der Waals surface area contributed by atoms with Crippen LogP contribution in [0.15, 0.2) is 60.8 Å². The van der Waals surface area contributed by atoms with Crippen LogP contribution in [0.25, 0.3) is 44.5 Å². The molecule has 15 nitrogen and oxygen atoms in total. The van der Waals surface area contributed by atoms with Gasteiger partial charge in [-0.2, -0.15) is 0 Å². The topological polar surface area (TPSA) is 178 Å². The molecule has 0 radical (unpaired) electrons. The molecule has 0 bridgehead atoms. The lowest BCUT2D eigenvalue weighted by molar-refractivity contribution is -0.177. The van der Waals surface area contributed by atoms with Crippen LogP contribution in [-0.4, -0.2) is 104 Å². The van der Waals surface area contributed by atoms with E-state index in [-0.39, 0.29) is 41.3 Å². The molecule has 5 aliphatic rings. The van der Waals surface area contributed by atoms with Gasteiger partial charge in [-0.05, 0) is 108 Å². The smallest absolute Gasteiger partial charge is 0.407 e. The average molecular weight is 882 g/mol. The zero-order chi connectivity index (χ0) is 45.5. The summed E-state index contributed by atoms with van der Waals surface area (Å²) in [5, 5.41) is 5.47. The number of alkyl carbamates (subject to hydrolysis) is 2. The van der Waals surface area contributed by atoms with Crippen LogP contribution in [0.1, 0.15) is 120 Å². The van der Waals surface area contributed by atoms with E-state index in [2.05, 4.69) is 87.0 Å². The third-order valence-electron chi connectivity index (χ3n) is 14.9. The first kappa shape index (κ1) is 42.7. The number of carbonyl (C=O) groups is 4. The number of nitrogens with zero attached hydrogens (tertiary/aromatic N) is 5. The SMILES string of the molecule is COC(=O)N[C@H](C(=O)N1CCC[C@H]1c1ncc(-c2ccc(-c3ccc(-c4ccc5nc([C@@H]6CCCN6C(=O)[C@@H](NC(=O)OC)C(C)C)[nH]c5c4)c4c3C3CC5(C)CC4N35)cc2)[nH]1)C(C)C. The molecule has 10 rings (SSSR count). The number of fused-ring (bicyclic) bond motifs is 4. The zero-order valence-electron chi connectivity index (χ0n) is 38.2. The second-order valence-corrected chi connectivity index (χ2v) is 19.5. The van der Waals surface area contributed by atoms with E-state index in [1.807, 2.05) is 43.7 Å². The Morgan fingerprint density at radius 2 is 1.22 bits per heavy atom. The summed E-state index contributed by atoms with van der Waals surface area (Å²) in [4.78, 5) is 75.1. The maximum absolute atomic E-state index is 13.8. The first-order valence-corrected chi connectivity index (χ1v) is 23.2. The molecular formula is C50H59N9O6. The van der Waals surface area contributed by atoms with Crippen LogP contribution in [0.4, 0.5) is 9.59 Å². The van der Waals surface area contributed by atoms with Crippen molar-refractivity contribution in [3.8, 4) is 33.5 Å². The van der Waals surface area contributed by atoms with Gasteiger partial charge in [0.25, 0.3) is 0 Å². The maximum atomic E-state index is 13.8. The largest absolute Gasteiger partial charge is 0.453 e. The van der Waals surface area contributed by atoms with E-state index in [0.717, 1.165) is 78.0 Å². The van der Waals surface area contributed by atoms with Crippen molar-refractivity contribution in [1.29, 1.82) is 0 Å². The Bertz CT molecular complexity index is 2690. The highest BCUT2D eigenvalue weighted by atomic mass is 16.5. The number of aromatic nitrogens is 4. The summed E-state index contributed by atoms with van der Waals surface area (Å²) in [5.74, 6) is 1.04. The summed E-state index contributed by atoms with van der Waals surface area (Å²) < 4.78 is 9.63. The number of likely N-dealkylation sites (tertiary alicyclic amines) is 2. The summed E-state index contributed by atoms with van der Waals surface area (Å²) >= 11 is 0. The van der Waals surface area contributed by atoms with Crippen LogP contribution in [0.2, 0.25) is 0 Å². The Balaban J connectivity index is 0.909. The summed E-state index contributed by atoms with van der Waals surface area (Å²) in [6, 6.07) is 18.7. The fraction of sp³-hybridized carbons (Fsp3) is 0.480. The third kappa shape index (κ3) is 7.13. The van der Waals surface area contributed by atoms with Crippen molar-refractivity contribution in [2.45, 2.75) is 115 Å². The van der Waals surface area contributed by atoms with Gasteiger partial charge in [0, 0.05) is 30.7 Å². The number of rotatable bonds is 11. The summed E-state index contributed by atoms with van der Waals surface area (Å²) in [6.45, 7) is 11.3. The molecular weight excluding hydrogens is 823 g/mol. The number of hydrogen-bond donors (Lipinski definition) is 4. The summed E-state index contributed by atoms with van der Waals surface area (Å²) in [5.41, 5.74) is 11.6. The highest BCUT2D eigenvalue weighted by Gasteiger charge is 2.66. The fourth-order valence-electron chi connectivity index (χ4n) is 11.6. The number of H-pyrrole nitrogens is 2. The first-order chi connectivity index (χ1) is 31.3. The molecule has 2 aromatic heterocycles. The fourth-order valence-corrected chi connectivity index (χ4v) is 11.6. The van der Waals surface area contributed by atoms with Crippen molar-refractivity contribution in [3.05, 3.63) is 83.6 Å². The zero-order valence-corrected chi connectivity index (χ0v) is 38.2. The van der Waals surface area contributed by atoms with Crippen LogP contribution in [0, 0.1) is 11.8 Å². The Kier molecular flexibility index (Phi) is 10.7. The van der Waals surface area contributed by atoms with Gasteiger partial charge in [-0.3, -0.25) is 14.5 Å².